The summed E-state index contributed by atoms with van der Waals surface area (Å²) in [7, 11) is 0. The summed E-state index contributed by atoms with van der Waals surface area (Å²) in [6.45, 7) is 15.2. The van der Waals surface area contributed by atoms with Gasteiger partial charge >= 0.3 is 0 Å². The van der Waals surface area contributed by atoms with E-state index in [2.05, 4.69) is 162 Å². The van der Waals surface area contributed by atoms with Crippen LogP contribution in [0.1, 0.15) is 90.4 Å². The molecule has 0 saturated heterocycles. The van der Waals surface area contributed by atoms with Crippen molar-refractivity contribution in [2.45, 2.75) is 99.4 Å². The number of nitrogens with zero attached hydrogens (tertiary/aromatic N) is 2. The summed E-state index contributed by atoms with van der Waals surface area (Å²) in [4.78, 5) is 13.8. The molecule has 2 aromatic heterocycles. The van der Waals surface area contributed by atoms with E-state index in [1.165, 1.54) is 46.9 Å². The fourth-order valence-electron chi connectivity index (χ4n) is 10.7. The maximum Gasteiger partial charge on any atom is 0.0889 e. The first kappa shape index (κ1) is 30.8. The molecule has 0 amide bonds. The Labute approximate surface area is 285 Å². The van der Waals surface area contributed by atoms with E-state index in [0.717, 1.165) is 11.4 Å². The number of hydrogen-bond donors (Lipinski definition) is 0. The highest BCUT2D eigenvalue weighted by atomic mass is 32.2. The standard InChI is InChI=1S/C42H48N2S2/c1-39(2)29-23-25-41(39,5)35(37(29)45-27-15-9-7-10-16-27)33-21-13-19-31(43-33)32-20-14-22-34(44-32)36-38(46-28-17-11-8-12-18-28)30-24-26-42(36,6)40(30,3)4/h7-22,29-30,35-38H,23-26H2,1-6H3/t29-,30-,35+,36+,37-,38-,41+,42+/m0/s1. The van der Waals surface area contributed by atoms with Crippen molar-refractivity contribution in [2.24, 2.45) is 33.5 Å². The zero-order valence-corrected chi connectivity index (χ0v) is 29.9. The normalized spacial score (nSPS) is 35.1. The van der Waals surface area contributed by atoms with Crippen molar-refractivity contribution in [2.75, 3.05) is 0 Å². The van der Waals surface area contributed by atoms with Crippen LogP contribution in [0.25, 0.3) is 11.4 Å². The lowest BCUT2D eigenvalue weighted by atomic mass is 9.66. The Hall–Kier alpha value is -2.56. The minimum absolute atomic E-state index is 0.218. The van der Waals surface area contributed by atoms with Crippen molar-refractivity contribution in [3.63, 3.8) is 0 Å². The summed E-state index contributed by atoms with van der Waals surface area (Å²) in [6, 6.07) is 35.6. The maximum atomic E-state index is 5.51. The van der Waals surface area contributed by atoms with Gasteiger partial charge in [-0.15, -0.1) is 23.5 Å². The molecule has 0 aliphatic heterocycles. The first-order chi connectivity index (χ1) is 22.0. The third-order valence-corrected chi connectivity index (χ3v) is 16.9. The van der Waals surface area contributed by atoms with E-state index in [4.69, 9.17) is 9.97 Å². The monoisotopic (exact) mass is 644 g/mol. The van der Waals surface area contributed by atoms with E-state index in [-0.39, 0.29) is 21.7 Å². The van der Waals surface area contributed by atoms with E-state index < -0.39 is 0 Å². The van der Waals surface area contributed by atoms with Gasteiger partial charge in [0.25, 0.3) is 0 Å². The lowest BCUT2D eigenvalue weighted by Gasteiger charge is -2.40. The summed E-state index contributed by atoms with van der Waals surface area (Å²) >= 11 is 4.18. The Morgan fingerprint density at radius 2 is 0.891 bits per heavy atom. The van der Waals surface area contributed by atoms with E-state index in [0.29, 0.717) is 34.2 Å². The van der Waals surface area contributed by atoms with Crippen LogP contribution in [0, 0.1) is 33.5 Å². The minimum Gasteiger partial charge on any atom is -0.251 e. The Morgan fingerprint density at radius 1 is 0.500 bits per heavy atom. The predicted octanol–water partition coefficient (Wildman–Crippen LogP) is 11.5. The van der Waals surface area contributed by atoms with Crippen LogP contribution in [-0.4, -0.2) is 20.5 Å². The van der Waals surface area contributed by atoms with Crippen LogP contribution in [0.3, 0.4) is 0 Å². The third kappa shape index (κ3) is 4.45. The molecule has 2 aromatic carbocycles. The van der Waals surface area contributed by atoms with Gasteiger partial charge in [-0.1, -0.05) is 90.1 Å². The summed E-state index contributed by atoms with van der Waals surface area (Å²) in [5, 5.41) is 1.04. The van der Waals surface area contributed by atoms with Crippen molar-refractivity contribution in [1.82, 2.24) is 9.97 Å². The van der Waals surface area contributed by atoms with E-state index in [1.807, 2.05) is 0 Å². The molecule has 4 aromatic rings. The van der Waals surface area contributed by atoms with Gasteiger partial charge in [0.05, 0.1) is 11.4 Å². The molecular weight excluding hydrogens is 597 g/mol. The van der Waals surface area contributed by atoms with Crippen molar-refractivity contribution in [3.05, 3.63) is 108 Å². The smallest absolute Gasteiger partial charge is 0.0889 e. The summed E-state index contributed by atoms with van der Waals surface area (Å²) in [5.74, 6) is 2.18. The average Bonchev–Trinajstić information content (AvgIpc) is 3.56. The summed E-state index contributed by atoms with van der Waals surface area (Å²) in [5.41, 5.74) is 5.53. The molecule has 4 fully saturated rings. The van der Waals surface area contributed by atoms with Crippen LogP contribution in [0.15, 0.2) is 107 Å². The number of pyridine rings is 2. The lowest BCUT2D eigenvalue weighted by Crippen LogP contribution is -2.33. The second kappa shape index (κ2) is 11.0. The van der Waals surface area contributed by atoms with Crippen LogP contribution in [0.5, 0.6) is 0 Å². The SMILES string of the molecule is CC1(C)[C@H]2CC[C@]1(C)[C@H](c1cccc(-c3cccc([C@@H]4[C@@H](Sc5ccccc5)[C@@H]5CC[C@@]4(C)C5(C)C)n3)n1)[C@H]2Sc1ccccc1. The molecule has 8 atom stereocenters. The fourth-order valence-corrected chi connectivity index (χ4v) is 14.4. The minimum atomic E-state index is 0.218. The van der Waals surface area contributed by atoms with Crippen molar-refractivity contribution >= 4 is 23.5 Å². The van der Waals surface area contributed by atoms with E-state index in [9.17, 15) is 0 Å². The number of hydrogen-bond acceptors (Lipinski definition) is 4. The predicted molar refractivity (Wildman–Crippen MR) is 194 cm³/mol. The molecule has 0 spiro atoms. The molecule has 4 heteroatoms. The van der Waals surface area contributed by atoms with Crippen LogP contribution in [-0.2, 0) is 0 Å². The molecule has 238 valence electrons. The molecule has 8 rings (SSSR count). The van der Waals surface area contributed by atoms with Gasteiger partial charge < -0.3 is 0 Å². The van der Waals surface area contributed by atoms with Crippen LogP contribution in [0.2, 0.25) is 0 Å². The van der Waals surface area contributed by atoms with Gasteiger partial charge in [0.15, 0.2) is 0 Å². The third-order valence-electron chi connectivity index (χ3n) is 14.0. The van der Waals surface area contributed by atoms with Crippen molar-refractivity contribution in [1.29, 1.82) is 0 Å². The Bertz CT molecular complexity index is 1610. The molecular formula is C42H48N2S2. The first-order valence-corrected chi connectivity index (χ1v) is 19.2. The van der Waals surface area contributed by atoms with Crippen molar-refractivity contribution < 1.29 is 0 Å². The van der Waals surface area contributed by atoms with Crippen molar-refractivity contribution in [3.8, 4) is 11.4 Å². The van der Waals surface area contributed by atoms with Gasteiger partial charge in [-0.25, -0.2) is 0 Å². The Morgan fingerprint density at radius 3 is 1.28 bits per heavy atom. The van der Waals surface area contributed by atoms with Gasteiger partial charge in [0, 0.05) is 43.5 Å². The molecule has 4 aliphatic rings. The highest BCUT2D eigenvalue weighted by Crippen LogP contribution is 2.74. The number of fused-ring (bicyclic) bond motifs is 4. The largest absolute Gasteiger partial charge is 0.251 e. The molecule has 2 nitrogen and oxygen atoms in total. The van der Waals surface area contributed by atoms with Gasteiger partial charge in [-0.2, -0.15) is 0 Å². The first-order valence-electron chi connectivity index (χ1n) is 17.4. The second-order valence-corrected chi connectivity index (χ2v) is 18.7. The van der Waals surface area contributed by atoms with E-state index in [1.54, 1.807) is 0 Å². The Kier molecular flexibility index (Phi) is 7.35. The van der Waals surface area contributed by atoms with Gasteiger partial charge in [0.2, 0.25) is 0 Å². The van der Waals surface area contributed by atoms with Gasteiger partial charge in [-0.05, 0) is 108 Å². The highest BCUT2D eigenvalue weighted by Gasteiger charge is 2.68. The number of rotatable bonds is 7. The quantitative estimate of drug-likeness (QED) is 0.200. The zero-order chi connectivity index (χ0) is 31.9. The Balaban J connectivity index is 1.16. The maximum absolute atomic E-state index is 5.51. The zero-order valence-electron chi connectivity index (χ0n) is 28.2. The second-order valence-electron chi connectivity index (χ2n) is 16.2. The molecule has 46 heavy (non-hydrogen) atoms. The van der Waals surface area contributed by atoms with Gasteiger partial charge in [-0.3, -0.25) is 9.97 Å². The number of thioether (sulfide) groups is 2. The molecule has 0 unspecified atom stereocenters. The number of aromatic nitrogens is 2. The molecule has 4 aliphatic carbocycles. The molecule has 4 bridgehead atoms. The highest BCUT2D eigenvalue weighted by molar-refractivity contribution is 8.00. The lowest BCUT2D eigenvalue weighted by molar-refractivity contribution is 0.133. The number of benzene rings is 2. The van der Waals surface area contributed by atoms with Gasteiger partial charge in [0.1, 0.15) is 0 Å². The average molecular weight is 645 g/mol. The summed E-state index contributed by atoms with van der Waals surface area (Å²) in [6.07, 6.45) is 5.18. The van der Waals surface area contributed by atoms with Crippen LogP contribution in [0.4, 0.5) is 0 Å². The molecule has 0 N–H and O–H groups in total. The molecule has 2 heterocycles. The molecule has 0 radical (unpaired) electrons. The molecule has 4 saturated carbocycles. The van der Waals surface area contributed by atoms with Crippen LogP contribution >= 0.6 is 23.5 Å². The van der Waals surface area contributed by atoms with Crippen LogP contribution < -0.4 is 0 Å². The summed E-state index contributed by atoms with van der Waals surface area (Å²) < 4.78 is 0. The topological polar surface area (TPSA) is 25.8 Å². The fraction of sp³-hybridized carbons (Fsp3) is 0.476. The van der Waals surface area contributed by atoms with E-state index >= 15 is 0 Å².